The maximum absolute atomic E-state index is 8.23. The summed E-state index contributed by atoms with van der Waals surface area (Å²) >= 11 is 0. The quantitative estimate of drug-likeness (QED) is 0.387. The Balaban J connectivity index is 2.03. The van der Waals surface area contributed by atoms with Crippen molar-refractivity contribution in [3.63, 3.8) is 0 Å². The van der Waals surface area contributed by atoms with E-state index in [2.05, 4.69) is 10.0 Å². The Hall–Kier alpha value is -0.730. The van der Waals surface area contributed by atoms with Crippen LogP contribution in [0.3, 0.4) is 0 Å². The average Bonchev–Trinajstić information content (AvgIpc) is 2.71. The Labute approximate surface area is 71.8 Å². The van der Waals surface area contributed by atoms with Gasteiger partial charge in [-0.1, -0.05) is 11.5 Å². The lowest BCUT2D eigenvalue weighted by atomic mass is 9.75. The Morgan fingerprint density at radius 3 is 2.58 bits per heavy atom. The molecule has 0 aliphatic heterocycles. The largest absolute Gasteiger partial charge is 0.330 e. The Morgan fingerprint density at radius 1 is 1.50 bits per heavy atom. The Kier molecular flexibility index (Phi) is 1.56. The van der Waals surface area contributed by atoms with Gasteiger partial charge >= 0.3 is 0 Å². The van der Waals surface area contributed by atoms with Crippen molar-refractivity contribution in [3.05, 3.63) is 10.4 Å². The van der Waals surface area contributed by atoms with Crippen LogP contribution in [0.25, 0.3) is 10.4 Å². The van der Waals surface area contributed by atoms with Crippen LogP contribution in [0.1, 0.15) is 25.7 Å². The summed E-state index contributed by atoms with van der Waals surface area (Å²) in [5.74, 6) is 0. The van der Waals surface area contributed by atoms with Crippen LogP contribution in [0.15, 0.2) is 5.11 Å². The minimum atomic E-state index is 0.192. The first-order valence-electron chi connectivity index (χ1n) is 4.50. The Bertz CT molecular complexity index is 239. The van der Waals surface area contributed by atoms with Crippen LogP contribution in [-0.2, 0) is 0 Å². The van der Waals surface area contributed by atoms with E-state index in [4.69, 9.17) is 11.3 Å². The van der Waals surface area contributed by atoms with Crippen LogP contribution in [-0.4, -0.2) is 13.1 Å². The second-order valence-electron chi connectivity index (χ2n) is 4.18. The molecular formula is C8H14N4. The van der Waals surface area contributed by atoms with Gasteiger partial charge in [-0.05, 0) is 42.2 Å². The van der Waals surface area contributed by atoms with Gasteiger partial charge in [0.1, 0.15) is 0 Å². The standard InChI is InChI=1S/C8H14N4/c9-5-8(6-11-12-10)4-7(8)2-1-3-7/h1-6,9H2. The lowest BCUT2D eigenvalue weighted by Crippen LogP contribution is -2.30. The fourth-order valence-corrected chi connectivity index (χ4v) is 2.66. The molecule has 2 fully saturated rings. The van der Waals surface area contributed by atoms with Gasteiger partial charge in [-0.2, -0.15) is 0 Å². The van der Waals surface area contributed by atoms with Crippen LogP contribution in [0.5, 0.6) is 0 Å². The van der Waals surface area contributed by atoms with Gasteiger partial charge in [-0.3, -0.25) is 0 Å². The molecule has 4 nitrogen and oxygen atoms in total. The summed E-state index contributed by atoms with van der Waals surface area (Å²) in [7, 11) is 0. The highest BCUT2D eigenvalue weighted by molar-refractivity contribution is 5.19. The molecule has 66 valence electrons. The summed E-state index contributed by atoms with van der Waals surface area (Å²) in [6.07, 6.45) is 5.11. The highest BCUT2D eigenvalue weighted by Crippen LogP contribution is 2.73. The van der Waals surface area contributed by atoms with E-state index in [0.29, 0.717) is 18.5 Å². The van der Waals surface area contributed by atoms with E-state index >= 15 is 0 Å². The molecule has 0 aromatic heterocycles. The first-order chi connectivity index (χ1) is 5.79. The summed E-state index contributed by atoms with van der Waals surface area (Å²) in [5, 5.41) is 3.65. The van der Waals surface area contributed by atoms with Crippen LogP contribution in [0.4, 0.5) is 0 Å². The molecule has 0 saturated heterocycles. The van der Waals surface area contributed by atoms with Crippen molar-refractivity contribution in [3.8, 4) is 0 Å². The molecule has 2 rings (SSSR count). The van der Waals surface area contributed by atoms with Crippen LogP contribution >= 0.6 is 0 Å². The molecule has 0 bridgehead atoms. The van der Waals surface area contributed by atoms with E-state index in [0.717, 1.165) is 0 Å². The number of hydrogen-bond donors (Lipinski definition) is 1. The molecule has 0 radical (unpaired) electrons. The van der Waals surface area contributed by atoms with Crippen molar-refractivity contribution in [2.24, 2.45) is 21.7 Å². The van der Waals surface area contributed by atoms with E-state index < -0.39 is 0 Å². The summed E-state index contributed by atoms with van der Waals surface area (Å²) in [6, 6.07) is 0. The van der Waals surface area contributed by atoms with E-state index in [-0.39, 0.29) is 5.41 Å². The number of nitrogens with two attached hydrogens (primary N) is 1. The molecule has 2 saturated carbocycles. The Morgan fingerprint density at radius 2 is 2.25 bits per heavy atom. The molecule has 4 heteroatoms. The molecule has 1 atom stereocenters. The highest BCUT2D eigenvalue weighted by Gasteiger charge is 2.67. The summed E-state index contributed by atoms with van der Waals surface area (Å²) in [4.78, 5) is 2.80. The van der Waals surface area contributed by atoms with Gasteiger partial charge in [-0.15, -0.1) is 0 Å². The zero-order valence-corrected chi connectivity index (χ0v) is 7.16. The molecule has 0 aromatic carbocycles. The second-order valence-corrected chi connectivity index (χ2v) is 4.18. The first-order valence-corrected chi connectivity index (χ1v) is 4.50. The molecule has 2 N–H and O–H groups in total. The minimum Gasteiger partial charge on any atom is -0.330 e. The predicted molar refractivity (Wildman–Crippen MR) is 46.4 cm³/mol. The molecule has 1 unspecified atom stereocenters. The van der Waals surface area contributed by atoms with E-state index in [1.807, 2.05) is 0 Å². The monoisotopic (exact) mass is 166 g/mol. The number of nitrogens with zero attached hydrogens (tertiary/aromatic N) is 3. The third-order valence-corrected chi connectivity index (χ3v) is 3.81. The fraction of sp³-hybridized carbons (Fsp3) is 1.00. The zero-order chi connectivity index (χ0) is 8.66. The van der Waals surface area contributed by atoms with Gasteiger partial charge in [-0.25, -0.2) is 0 Å². The van der Waals surface area contributed by atoms with Crippen LogP contribution in [0.2, 0.25) is 0 Å². The van der Waals surface area contributed by atoms with Gasteiger partial charge in [0, 0.05) is 11.5 Å². The lowest BCUT2D eigenvalue weighted by molar-refractivity contribution is 0.208. The van der Waals surface area contributed by atoms with Crippen molar-refractivity contribution in [1.82, 2.24) is 0 Å². The SMILES string of the molecule is [N-]=[N+]=NCC1(CN)CC12CCC2. The molecule has 0 heterocycles. The van der Waals surface area contributed by atoms with Crippen LogP contribution < -0.4 is 5.73 Å². The van der Waals surface area contributed by atoms with Crippen molar-refractivity contribution in [2.75, 3.05) is 13.1 Å². The third-order valence-electron chi connectivity index (χ3n) is 3.81. The summed E-state index contributed by atoms with van der Waals surface area (Å²) in [6.45, 7) is 1.30. The maximum atomic E-state index is 8.23. The topological polar surface area (TPSA) is 74.8 Å². The number of rotatable bonds is 3. The van der Waals surface area contributed by atoms with E-state index in [9.17, 15) is 0 Å². The van der Waals surface area contributed by atoms with Gasteiger partial charge in [0.05, 0.1) is 0 Å². The number of azide groups is 1. The van der Waals surface area contributed by atoms with Crippen molar-refractivity contribution < 1.29 is 0 Å². The molecule has 0 amide bonds. The lowest BCUT2D eigenvalue weighted by Gasteiger charge is -2.31. The first kappa shape index (κ1) is 7.90. The van der Waals surface area contributed by atoms with Gasteiger partial charge < -0.3 is 5.73 Å². The van der Waals surface area contributed by atoms with Crippen LogP contribution in [0, 0.1) is 10.8 Å². The van der Waals surface area contributed by atoms with Crippen molar-refractivity contribution in [1.29, 1.82) is 0 Å². The predicted octanol–water partition coefficient (Wildman–Crippen LogP) is 1.82. The maximum Gasteiger partial charge on any atom is 0.0332 e. The molecule has 2 aliphatic carbocycles. The molecule has 2 aliphatic rings. The molecule has 0 aromatic rings. The van der Waals surface area contributed by atoms with Crippen molar-refractivity contribution in [2.45, 2.75) is 25.7 Å². The normalized spacial score (nSPS) is 35.4. The van der Waals surface area contributed by atoms with Crippen molar-refractivity contribution >= 4 is 0 Å². The highest BCUT2D eigenvalue weighted by atomic mass is 15.1. The minimum absolute atomic E-state index is 0.192. The fourth-order valence-electron chi connectivity index (χ4n) is 2.66. The zero-order valence-electron chi connectivity index (χ0n) is 7.16. The van der Waals surface area contributed by atoms with E-state index in [1.54, 1.807) is 0 Å². The summed E-state index contributed by atoms with van der Waals surface area (Å²) in [5.41, 5.74) is 14.6. The average molecular weight is 166 g/mol. The molecule has 12 heavy (non-hydrogen) atoms. The third kappa shape index (κ3) is 0.793. The number of hydrogen-bond acceptors (Lipinski definition) is 2. The second kappa shape index (κ2) is 2.38. The van der Waals surface area contributed by atoms with Gasteiger partial charge in [0.2, 0.25) is 0 Å². The van der Waals surface area contributed by atoms with Gasteiger partial charge in [0.15, 0.2) is 0 Å². The summed E-state index contributed by atoms with van der Waals surface area (Å²) < 4.78 is 0. The van der Waals surface area contributed by atoms with E-state index in [1.165, 1.54) is 25.7 Å². The molecule has 1 spiro atoms. The smallest absolute Gasteiger partial charge is 0.0332 e. The molecular weight excluding hydrogens is 152 g/mol. The van der Waals surface area contributed by atoms with Gasteiger partial charge in [0.25, 0.3) is 0 Å².